The highest BCUT2D eigenvalue weighted by Crippen LogP contribution is 2.37. The third-order valence-electron chi connectivity index (χ3n) is 6.59. The number of fused-ring (bicyclic) bond motifs is 1. The standard InChI is InChI=1S/C29H30N4O2S2/c1-35-28(34)25-23-16-10-2-3-11-17-24(23)37-27(25)31-29(36)30-18-21-19-33(22-14-8-5-9-15-22)32-26(21)20-12-6-4-7-13-20/h4-9,12-15,19H,2-3,10-11,16-18H2,1H3,(H2,30,31,36). The van der Waals surface area contributed by atoms with E-state index in [9.17, 15) is 4.79 Å². The molecule has 0 saturated carbocycles. The molecule has 2 aromatic heterocycles. The van der Waals surface area contributed by atoms with Crippen LogP contribution in [0.4, 0.5) is 5.00 Å². The van der Waals surface area contributed by atoms with E-state index < -0.39 is 0 Å². The van der Waals surface area contributed by atoms with E-state index in [0.717, 1.165) is 58.8 Å². The molecule has 6 nitrogen and oxygen atoms in total. The Labute approximate surface area is 226 Å². The molecule has 8 heteroatoms. The summed E-state index contributed by atoms with van der Waals surface area (Å²) >= 11 is 7.30. The molecule has 0 spiro atoms. The zero-order chi connectivity index (χ0) is 25.6. The minimum Gasteiger partial charge on any atom is -0.465 e. The molecule has 5 rings (SSSR count). The van der Waals surface area contributed by atoms with Gasteiger partial charge in [-0.2, -0.15) is 5.10 Å². The third kappa shape index (κ3) is 5.76. The van der Waals surface area contributed by atoms with Crippen LogP contribution < -0.4 is 10.6 Å². The van der Waals surface area contributed by atoms with Gasteiger partial charge < -0.3 is 15.4 Å². The van der Waals surface area contributed by atoms with Crippen molar-refractivity contribution in [1.82, 2.24) is 15.1 Å². The summed E-state index contributed by atoms with van der Waals surface area (Å²) in [6, 6.07) is 20.2. The van der Waals surface area contributed by atoms with Gasteiger partial charge in [-0.25, -0.2) is 9.48 Å². The number of aromatic nitrogens is 2. The van der Waals surface area contributed by atoms with Crippen LogP contribution in [0, 0.1) is 0 Å². The number of benzene rings is 2. The van der Waals surface area contributed by atoms with Crippen LogP contribution in [-0.2, 0) is 24.1 Å². The minimum atomic E-state index is -0.307. The normalized spacial score (nSPS) is 13.2. The number of thiocarbonyl (C=S) groups is 1. The summed E-state index contributed by atoms with van der Waals surface area (Å²) < 4.78 is 7.04. The highest BCUT2D eigenvalue weighted by Gasteiger charge is 2.25. The van der Waals surface area contributed by atoms with Gasteiger partial charge in [0, 0.05) is 28.7 Å². The van der Waals surface area contributed by atoms with Crippen LogP contribution in [0.5, 0.6) is 0 Å². The van der Waals surface area contributed by atoms with Gasteiger partial charge in [-0.15, -0.1) is 11.3 Å². The van der Waals surface area contributed by atoms with E-state index in [1.54, 1.807) is 11.3 Å². The lowest BCUT2D eigenvalue weighted by molar-refractivity contribution is 0.0601. The van der Waals surface area contributed by atoms with Gasteiger partial charge in [0.25, 0.3) is 0 Å². The van der Waals surface area contributed by atoms with Crippen molar-refractivity contribution in [1.29, 1.82) is 0 Å². The number of methoxy groups -OCH3 is 1. The SMILES string of the molecule is COC(=O)c1c(NC(=S)NCc2cn(-c3ccccc3)nc2-c2ccccc2)sc2c1CCCCCC2. The molecule has 1 aliphatic carbocycles. The second-order valence-corrected chi connectivity index (χ2v) is 10.6. The van der Waals surface area contributed by atoms with Crippen molar-refractivity contribution in [3.8, 4) is 16.9 Å². The molecule has 0 amide bonds. The molecule has 0 fully saturated rings. The molecule has 0 radical (unpaired) electrons. The van der Waals surface area contributed by atoms with Gasteiger partial charge in [0.15, 0.2) is 5.11 Å². The zero-order valence-corrected chi connectivity index (χ0v) is 22.5. The third-order valence-corrected chi connectivity index (χ3v) is 8.04. The number of anilines is 1. The molecule has 190 valence electrons. The molecule has 2 aromatic carbocycles. The smallest absolute Gasteiger partial charge is 0.341 e. The summed E-state index contributed by atoms with van der Waals surface area (Å²) in [5, 5.41) is 12.7. The number of nitrogens with zero attached hydrogens (tertiary/aromatic N) is 2. The fourth-order valence-corrected chi connectivity index (χ4v) is 6.26. The predicted molar refractivity (Wildman–Crippen MR) is 154 cm³/mol. The van der Waals surface area contributed by atoms with Crippen LogP contribution >= 0.6 is 23.6 Å². The van der Waals surface area contributed by atoms with E-state index >= 15 is 0 Å². The maximum absolute atomic E-state index is 12.7. The monoisotopic (exact) mass is 530 g/mol. The molecular formula is C29H30N4O2S2. The molecule has 2 heterocycles. The largest absolute Gasteiger partial charge is 0.465 e. The molecule has 2 N–H and O–H groups in total. The molecule has 0 unspecified atom stereocenters. The number of hydrogen-bond donors (Lipinski definition) is 2. The van der Waals surface area contributed by atoms with Gasteiger partial charge in [-0.3, -0.25) is 0 Å². The quantitative estimate of drug-likeness (QED) is 0.218. The number of hydrogen-bond acceptors (Lipinski definition) is 5. The van der Waals surface area contributed by atoms with Crippen LogP contribution in [0.3, 0.4) is 0 Å². The van der Waals surface area contributed by atoms with Crippen LogP contribution in [0.1, 0.15) is 52.0 Å². The van der Waals surface area contributed by atoms with E-state index in [1.165, 1.54) is 24.8 Å². The summed E-state index contributed by atoms with van der Waals surface area (Å²) in [4.78, 5) is 14.0. The van der Waals surface area contributed by atoms with Crippen molar-refractivity contribution >= 4 is 39.6 Å². The van der Waals surface area contributed by atoms with Crippen LogP contribution in [0.25, 0.3) is 16.9 Å². The van der Waals surface area contributed by atoms with Crippen molar-refractivity contribution in [2.45, 2.75) is 45.1 Å². The van der Waals surface area contributed by atoms with Crippen molar-refractivity contribution < 1.29 is 9.53 Å². The van der Waals surface area contributed by atoms with Crippen molar-refractivity contribution in [3.05, 3.63) is 88.4 Å². The Balaban J connectivity index is 1.37. The van der Waals surface area contributed by atoms with Crippen molar-refractivity contribution in [3.63, 3.8) is 0 Å². The van der Waals surface area contributed by atoms with Gasteiger partial charge in [0.05, 0.1) is 24.1 Å². The Morgan fingerprint density at radius 2 is 1.73 bits per heavy atom. The fourth-order valence-electron chi connectivity index (χ4n) is 4.74. The maximum Gasteiger partial charge on any atom is 0.341 e. The maximum atomic E-state index is 12.7. The Morgan fingerprint density at radius 3 is 2.46 bits per heavy atom. The van der Waals surface area contributed by atoms with Crippen LogP contribution in [0.15, 0.2) is 66.9 Å². The van der Waals surface area contributed by atoms with E-state index in [1.807, 2.05) is 59.4 Å². The average Bonchev–Trinajstić information content (AvgIpc) is 3.49. The molecule has 0 aliphatic heterocycles. The number of ether oxygens (including phenoxy) is 1. The molecule has 1 aliphatic rings. The molecule has 37 heavy (non-hydrogen) atoms. The molecule has 4 aromatic rings. The number of esters is 1. The zero-order valence-electron chi connectivity index (χ0n) is 20.8. The second kappa shape index (κ2) is 11.7. The number of para-hydroxylation sites is 1. The molecular weight excluding hydrogens is 500 g/mol. The highest BCUT2D eigenvalue weighted by molar-refractivity contribution is 7.80. The predicted octanol–water partition coefficient (Wildman–Crippen LogP) is 6.53. The number of aryl methyl sites for hydroxylation is 1. The summed E-state index contributed by atoms with van der Waals surface area (Å²) in [5.41, 5.74) is 5.71. The topological polar surface area (TPSA) is 68.2 Å². The fraction of sp³-hybridized carbons (Fsp3) is 0.276. The minimum absolute atomic E-state index is 0.307. The van der Waals surface area contributed by atoms with E-state index in [0.29, 0.717) is 17.2 Å². The number of rotatable bonds is 6. The molecule has 0 bridgehead atoms. The van der Waals surface area contributed by atoms with Gasteiger partial charge in [-0.1, -0.05) is 61.4 Å². The lowest BCUT2D eigenvalue weighted by Gasteiger charge is -2.12. The first kappa shape index (κ1) is 25.2. The molecule has 0 saturated heterocycles. The van der Waals surface area contributed by atoms with E-state index in [2.05, 4.69) is 22.8 Å². The first-order valence-corrected chi connectivity index (χ1v) is 13.8. The summed E-state index contributed by atoms with van der Waals surface area (Å²) in [6.45, 7) is 0.488. The molecule has 0 atom stereocenters. The highest BCUT2D eigenvalue weighted by atomic mass is 32.1. The Hall–Kier alpha value is -3.49. The first-order valence-electron chi connectivity index (χ1n) is 12.6. The first-order chi connectivity index (χ1) is 18.1. The van der Waals surface area contributed by atoms with Gasteiger partial charge in [0.1, 0.15) is 5.00 Å². The average molecular weight is 531 g/mol. The van der Waals surface area contributed by atoms with Crippen LogP contribution in [-0.4, -0.2) is 28.0 Å². The number of carbonyl (C=O) groups excluding carboxylic acids is 1. The lowest BCUT2D eigenvalue weighted by Crippen LogP contribution is -2.28. The number of thiophene rings is 1. The van der Waals surface area contributed by atoms with Crippen molar-refractivity contribution in [2.75, 3.05) is 12.4 Å². The van der Waals surface area contributed by atoms with Crippen LogP contribution in [0.2, 0.25) is 0 Å². The van der Waals surface area contributed by atoms with Gasteiger partial charge >= 0.3 is 5.97 Å². The van der Waals surface area contributed by atoms with Gasteiger partial charge in [0.2, 0.25) is 0 Å². The number of carbonyl (C=O) groups is 1. The van der Waals surface area contributed by atoms with E-state index in [4.69, 9.17) is 22.1 Å². The lowest BCUT2D eigenvalue weighted by atomic mass is 9.96. The van der Waals surface area contributed by atoms with E-state index in [-0.39, 0.29) is 5.97 Å². The van der Waals surface area contributed by atoms with Crippen molar-refractivity contribution in [2.24, 2.45) is 0 Å². The summed E-state index contributed by atoms with van der Waals surface area (Å²) in [5.74, 6) is -0.307. The number of nitrogens with one attached hydrogen (secondary N) is 2. The Kier molecular flexibility index (Phi) is 7.96. The van der Waals surface area contributed by atoms with Gasteiger partial charge in [-0.05, 0) is 55.6 Å². The second-order valence-electron chi connectivity index (χ2n) is 9.07. The summed E-state index contributed by atoms with van der Waals surface area (Å²) in [7, 11) is 1.44. The Bertz CT molecular complexity index is 1380. The summed E-state index contributed by atoms with van der Waals surface area (Å²) in [6.07, 6.45) is 8.58. The Morgan fingerprint density at radius 1 is 1.03 bits per heavy atom.